The van der Waals surface area contributed by atoms with Crippen molar-refractivity contribution in [3.63, 3.8) is 0 Å². The van der Waals surface area contributed by atoms with Crippen LogP contribution >= 0.6 is 0 Å². The Morgan fingerprint density at radius 1 is 1.62 bits per heavy atom. The van der Waals surface area contributed by atoms with Crippen LogP contribution in [-0.4, -0.2) is 18.3 Å². The molecule has 0 radical (unpaired) electrons. The molecule has 8 heavy (non-hydrogen) atoms. The minimum absolute atomic E-state index is 0.824. The third-order valence-corrected chi connectivity index (χ3v) is 0.867. The summed E-state index contributed by atoms with van der Waals surface area (Å²) in [5.41, 5.74) is 6.96. The standard InChI is InChI=1S/C6H13N2/c1-3-4-5-6-8(2)7/h3-4,7H,5-6H2,1-2H3/q+1. The van der Waals surface area contributed by atoms with Gasteiger partial charge < -0.3 is 0 Å². The second-order valence-corrected chi connectivity index (χ2v) is 1.78. The smallest absolute Gasteiger partial charge is 0.132 e. The van der Waals surface area contributed by atoms with E-state index in [0.717, 1.165) is 13.0 Å². The van der Waals surface area contributed by atoms with Gasteiger partial charge in [-0.15, -0.1) is 4.70 Å². The van der Waals surface area contributed by atoms with Crippen LogP contribution in [0.3, 0.4) is 0 Å². The maximum Gasteiger partial charge on any atom is 0.171 e. The number of nitrogens with zero attached hydrogens (tertiary/aromatic N) is 1. The number of rotatable bonds is 3. The maximum absolute atomic E-state index is 6.96. The number of hydrogen-bond acceptors (Lipinski definition) is 1. The molecule has 2 heteroatoms. The average molecular weight is 113 g/mol. The predicted octanol–water partition coefficient (Wildman–Crippen LogP) is 1.63. The highest BCUT2D eigenvalue weighted by Crippen LogP contribution is 1.80. The topological polar surface area (TPSA) is 26.9 Å². The lowest BCUT2D eigenvalue weighted by Gasteiger charge is -1.83. The molecule has 0 rings (SSSR count). The summed E-state index contributed by atoms with van der Waals surface area (Å²) in [6.45, 7) is 2.81. The molecule has 0 saturated heterocycles. The molecular weight excluding hydrogens is 100 g/mol. The van der Waals surface area contributed by atoms with Crippen LogP contribution in [0.1, 0.15) is 13.3 Å². The Balaban J connectivity index is 3.05. The summed E-state index contributed by atoms with van der Waals surface area (Å²) >= 11 is 0. The van der Waals surface area contributed by atoms with E-state index in [-0.39, 0.29) is 0 Å². The molecule has 0 aromatic carbocycles. The van der Waals surface area contributed by atoms with Gasteiger partial charge >= 0.3 is 0 Å². The number of allylic oxidation sites excluding steroid dienone is 1. The van der Waals surface area contributed by atoms with Crippen molar-refractivity contribution in [2.75, 3.05) is 13.6 Å². The molecule has 46 valence electrons. The van der Waals surface area contributed by atoms with E-state index >= 15 is 0 Å². The molecule has 0 heterocycles. The Morgan fingerprint density at radius 2 is 2.25 bits per heavy atom. The van der Waals surface area contributed by atoms with Crippen molar-refractivity contribution < 1.29 is 4.70 Å². The van der Waals surface area contributed by atoms with Crippen molar-refractivity contribution in [1.29, 1.82) is 5.53 Å². The first-order chi connectivity index (χ1) is 3.77. The molecule has 0 aliphatic carbocycles. The first-order valence-electron chi connectivity index (χ1n) is 2.81. The molecule has 0 amide bonds. The highest BCUT2D eigenvalue weighted by atomic mass is 15.1. The Morgan fingerprint density at radius 3 is 2.62 bits per heavy atom. The summed E-state index contributed by atoms with van der Waals surface area (Å²) in [5, 5.41) is 0. The number of nitrogens with one attached hydrogen (secondary N) is 1. The van der Waals surface area contributed by atoms with Crippen molar-refractivity contribution in [2.45, 2.75) is 13.3 Å². The Kier molecular flexibility index (Phi) is 4.13. The molecule has 0 aliphatic heterocycles. The average Bonchev–Trinajstić information content (AvgIpc) is 1.66. The monoisotopic (exact) mass is 113 g/mol. The van der Waals surface area contributed by atoms with Gasteiger partial charge in [-0.3, -0.25) is 0 Å². The summed E-state index contributed by atoms with van der Waals surface area (Å²) in [7, 11) is 1.75. The van der Waals surface area contributed by atoms with Gasteiger partial charge in [-0.1, -0.05) is 17.7 Å². The lowest BCUT2D eigenvalue weighted by molar-refractivity contribution is -0.587. The van der Waals surface area contributed by atoms with Crippen LogP contribution in [0.25, 0.3) is 0 Å². The molecule has 0 bridgehead atoms. The van der Waals surface area contributed by atoms with Crippen molar-refractivity contribution in [1.82, 2.24) is 0 Å². The summed E-state index contributed by atoms with van der Waals surface area (Å²) in [6, 6.07) is 0. The van der Waals surface area contributed by atoms with Crippen LogP contribution in [0, 0.1) is 5.53 Å². The zero-order chi connectivity index (χ0) is 6.41. The largest absolute Gasteiger partial charge is 0.171 e. The van der Waals surface area contributed by atoms with Gasteiger partial charge in [-0.2, -0.15) is 0 Å². The van der Waals surface area contributed by atoms with Gasteiger partial charge in [0, 0.05) is 6.42 Å². The molecule has 0 atom stereocenters. The molecule has 0 unspecified atom stereocenters. The van der Waals surface area contributed by atoms with Gasteiger partial charge in [-0.05, 0) is 6.92 Å². The van der Waals surface area contributed by atoms with Gasteiger partial charge in [0.15, 0.2) is 13.6 Å². The normalized spacial score (nSPS) is 10.2. The summed E-state index contributed by atoms with van der Waals surface area (Å²) in [6.07, 6.45) is 5.05. The highest BCUT2D eigenvalue weighted by Gasteiger charge is 1.87. The minimum atomic E-state index is 0.824. The Labute approximate surface area is 50.3 Å². The zero-order valence-corrected chi connectivity index (χ0v) is 5.52. The van der Waals surface area contributed by atoms with Crippen molar-refractivity contribution in [3.05, 3.63) is 12.2 Å². The highest BCUT2D eigenvalue weighted by molar-refractivity contribution is 4.75. The first-order valence-corrected chi connectivity index (χ1v) is 2.81. The molecule has 0 spiro atoms. The van der Waals surface area contributed by atoms with Crippen LogP contribution in [0.5, 0.6) is 0 Å². The van der Waals surface area contributed by atoms with E-state index in [2.05, 4.69) is 6.08 Å². The quantitative estimate of drug-likeness (QED) is 0.327. The maximum atomic E-state index is 6.96. The van der Waals surface area contributed by atoms with Gasteiger partial charge in [0.05, 0.1) is 0 Å². The van der Waals surface area contributed by atoms with Crippen LogP contribution < -0.4 is 0 Å². The van der Waals surface area contributed by atoms with Gasteiger partial charge in [0.25, 0.3) is 0 Å². The third kappa shape index (κ3) is 5.34. The number of hydrogen-bond donors (Lipinski definition) is 1. The molecule has 0 fully saturated rings. The molecule has 0 aromatic heterocycles. The van der Waals surface area contributed by atoms with E-state index in [1.54, 1.807) is 7.05 Å². The molecule has 2 nitrogen and oxygen atoms in total. The van der Waals surface area contributed by atoms with Gasteiger partial charge in [0.1, 0.15) is 0 Å². The Bertz CT molecular complexity index is 94.7. The lowest BCUT2D eigenvalue weighted by atomic mass is 10.4. The van der Waals surface area contributed by atoms with Crippen molar-refractivity contribution in [3.8, 4) is 0 Å². The molecule has 0 saturated carbocycles. The van der Waals surface area contributed by atoms with Gasteiger partial charge in [0.2, 0.25) is 0 Å². The first kappa shape index (κ1) is 7.34. The molecular formula is C6H13N2+. The van der Waals surface area contributed by atoms with Crippen LogP contribution in [0.15, 0.2) is 12.2 Å². The van der Waals surface area contributed by atoms with E-state index in [1.807, 2.05) is 13.0 Å². The van der Waals surface area contributed by atoms with E-state index in [1.165, 1.54) is 4.70 Å². The van der Waals surface area contributed by atoms with Crippen LogP contribution in [-0.2, 0) is 0 Å². The fraction of sp³-hybridized carbons (Fsp3) is 0.667. The van der Waals surface area contributed by atoms with E-state index in [9.17, 15) is 0 Å². The summed E-state index contributed by atoms with van der Waals surface area (Å²) < 4.78 is 1.43. The fourth-order valence-corrected chi connectivity index (χ4v) is 0.435. The van der Waals surface area contributed by atoms with Crippen LogP contribution in [0.4, 0.5) is 0 Å². The molecule has 0 aliphatic rings. The fourth-order valence-electron chi connectivity index (χ4n) is 0.435. The second kappa shape index (κ2) is 4.50. The Hall–Kier alpha value is -0.660. The summed E-state index contributed by atoms with van der Waals surface area (Å²) in [4.78, 5) is 0. The minimum Gasteiger partial charge on any atom is -0.132 e. The summed E-state index contributed by atoms with van der Waals surface area (Å²) in [5.74, 6) is 0. The molecule has 1 N–H and O–H groups in total. The van der Waals surface area contributed by atoms with E-state index < -0.39 is 0 Å². The van der Waals surface area contributed by atoms with Crippen LogP contribution in [0.2, 0.25) is 0 Å². The third-order valence-electron chi connectivity index (χ3n) is 0.867. The second-order valence-electron chi connectivity index (χ2n) is 1.78. The van der Waals surface area contributed by atoms with Crippen molar-refractivity contribution >= 4 is 0 Å². The van der Waals surface area contributed by atoms with Gasteiger partial charge in [-0.25, -0.2) is 0 Å². The SMILES string of the molecule is CC=CCC[N+](C)=N. The lowest BCUT2D eigenvalue weighted by Crippen LogP contribution is -1.99. The van der Waals surface area contributed by atoms with E-state index in [0.29, 0.717) is 0 Å². The predicted molar refractivity (Wildman–Crippen MR) is 33.2 cm³/mol. The zero-order valence-electron chi connectivity index (χ0n) is 5.52. The van der Waals surface area contributed by atoms with Crippen molar-refractivity contribution in [2.24, 2.45) is 0 Å². The van der Waals surface area contributed by atoms with E-state index in [4.69, 9.17) is 5.53 Å². The molecule has 0 aromatic rings.